The highest BCUT2D eigenvalue weighted by atomic mass is 16.5. The van der Waals surface area contributed by atoms with Gasteiger partial charge >= 0.3 is 11.9 Å². The van der Waals surface area contributed by atoms with Crippen molar-refractivity contribution in [2.45, 2.75) is 117 Å². The summed E-state index contributed by atoms with van der Waals surface area (Å²) in [5, 5.41) is 0. The summed E-state index contributed by atoms with van der Waals surface area (Å²) in [4.78, 5) is 23.3. The molecule has 0 bridgehead atoms. The van der Waals surface area contributed by atoms with E-state index in [9.17, 15) is 9.59 Å². The van der Waals surface area contributed by atoms with E-state index in [1.54, 1.807) is 0 Å². The van der Waals surface area contributed by atoms with Crippen molar-refractivity contribution in [2.24, 2.45) is 0 Å². The molecule has 0 fully saturated rings. The van der Waals surface area contributed by atoms with Gasteiger partial charge in [-0.15, -0.1) is 0 Å². The molecule has 0 rings (SSSR count). The largest absolute Gasteiger partial charge is 0.463 e. The highest BCUT2D eigenvalue weighted by Gasteiger charge is 2.10. The second-order valence-corrected chi connectivity index (χ2v) is 7.29. The second-order valence-electron chi connectivity index (χ2n) is 7.29. The molecule has 0 saturated heterocycles. The van der Waals surface area contributed by atoms with Crippen LogP contribution < -0.4 is 0 Å². The first-order valence-electron chi connectivity index (χ1n) is 11.2. The van der Waals surface area contributed by atoms with Gasteiger partial charge in [0.2, 0.25) is 0 Å². The van der Waals surface area contributed by atoms with Gasteiger partial charge in [-0.2, -0.15) is 0 Å². The van der Waals surface area contributed by atoms with Crippen LogP contribution in [-0.4, -0.2) is 24.6 Å². The highest BCUT2D eigenvalue weighted by Crippen LogP contribution is 2.11. The summed E-state index contributed by atoms with van der Waals surface area (Å²) in [6, 6.07) is 0. The van der Waals surface area contributed by atoms with Crippen molar-refractivity contribution in [3.05, 3.63) is 12.2 Å². The molecule has 0 aliphatic rings. The molecular formula is C23H42O4. The van der Waals surface area contributed by atoms with Gasteiger partial charge < -0.3 is 9.47 Å². The Bertz CT molecular complexity index is 390. The quantitative estimate of drug-likeness (QED) is 0.154. The molecule has 0 radical (unpaired) electrons. The van der Waals surface area contributed by atoms with E-state index in [1.807, 2.05) is 6.92 Å². The van der Waals surface area contributed by atoms with Crippen LogP contribution >= 0.6 is 0 Å². The van der Waals surface area contributed by atoms with Crippen LogP contribution in [0.15, 0.2) is 12.2 Å². The zero-order chi connectivity index (χ0) is 20.2. The monoisotopic (exact) mass is 382 g/mol. The van der Waals surface area contributed by atoms with Gasteiger partial charge in [0.1, 0.15) is 6.10 Å². The van der Waals surface area contributed by atoms with Gasteiger partial charge in [-0.1, -0.05) is 91.4 Å². The maximum absolute atomic E-state index is 11.7. The standard InChI is InChI=1S/C23H42O4/c1-4-7-9-10-11-12-13-14-15-16-20-26-22(24)18-19-23(25)27-21(6-3)17-8-5-2/h18-19,21H,4-17,20H2,1-3H3/b19-18+. The number of carbonyl (C=O) groups is 2. The van der Waals surface area contributed by atoms with E-state index in [-0.39, 0.29) is 6.10 Å². The molecule has 0 N–H and O–H groups in total. The first kappa shape index (κ1) is 25.7. The Kier molecular flexibility index (Phi) is 18.5. The smallest absolute Gasteiger partial charge is 0.331 e. The molecule has 0 aromatic carbocycles. The third-order valence-electron chi connectivity index (χ3n) is 4.72. The molecule has 4 nitrogen and oxygen atoms in total. The second kappa shape index (κ2) is 19.4. The van der Waals surface area contributed by atoms with E-state index in [2.05, 4.69) is 13.8 Å². The molecule has 4 heteroatoms. The Labute approximate surface area is 167 Å². The molecule has 1 unspecified atom stereocenters. The molecule has 0 amide bonds. The van der Waals surface area contributed by atoms with Crippen molar-refractivity contribution in [1.29, 1.82) is 0 Å². The molecular weight excluding hydrogens is 340 g/mol. The lowest BCUT2D eigenvalue weighted by atomic mass is 10.1. The van der Waals surface area contributed by atoms with E-state index in [4.69, 9.17) is 9.47 Å². The Balaban J connectivity index is 3.61. The normalized spacial score (nSPS) is 12.3. The third kappa shape index (κ3) is 17.8. The maximum atomic E-state index is 11.7. The molecule has 0 spiro atoms. The Morgan fingerprint density at radius 3 is 1.78 bits per heavy atom. The molecule has 0 aliphatic heterocycles. The summed E-state index contributed by atoms with van der Waals surface area (Å²) in [6.07, 6.45) is 18.5. The highest BCUT2D eigenvalue weighted by molar-refractivity contribution is 5.91. The lowest BCUT2D eigenvalue weighted by molar-refractivity contribution is -0.144. The van der Waals surface area contributed by atoms with Crippen LogP contribution in [-0.2, 0) is 19.1 Å². The Morgan fingerprint density at radius 1 is 0.704 bits per heavy atom. The third-order valence-corrected chi connectivity index (χ3v) is 4.72. The van der Waals surface area contributed by atoms with Gasteiger partial charge in [0.25, 0.3) is 0 Å². The number of hydrogen-bond acceptors (Lipinski definition) is 4. The molecule has 158 valence electrons. The molecule has 0 aromatic rings. The molecule has 27 heavy (non-hydrogen) atoms. The van der Waals surface area contributed by atoms with Crippen LogP contribution in [0.5, 0.6) is 0 Å². The zero-order valence-electron chi connectivity index (χ0n) is 18.0. The summed E-state index contributed by atoms with van der Waals surface area (Å²) in [5.41, 5.74) is 0. The lowest BCUT2D eigenvalue weighted by Crippen LogP contribution is -2.16. The van der Waals surface area contributed by atoms with Crippen LogP contribution in [0.3, 0.4) is 0 Å². The zero-order valence-corrected chi connectivity index (χ0v) is 18.0. The number of carbonyl (C=O) groups excluding carboxylic acids is 2. The minimum atomic E-state index is -0.468. The predicted molar refractivity (Wildman–Crippen MR) is 112 cm³/mol. The lowest BCUT2D eigenvalue weighted by Gasteiger charge is -2.14. The van der Waals surface area contributed by atoms with Crippen molar-refractivity contribution in [2.75, 3.05) is 6.61 Å². The van der Waals surface area contributed by atoms with Crippen LogP contribution in [0.2, 0.25) is 0 Å². The molecule has 1 atom stereocenters. The van der Waals surface area contributed by atoms with Gasteiger partial charge in [0, 0.05) is 12.2 Å². The van der Waals surface area contributed by atoms with E-state index >= 15 is 0 Å². The molecule has 0 aliphatic carbocycles. The van der Waals surface area contributed by atoms with Crippen LogP contribution in [0, 0.1) is 0 Å². The fraction of sp³-hybridized carbons (Fsp3) is 0.826. The number of ether oxygens (including phenoxy) is 2. The summed E-state index contributed by atoms with van der Waals surface area (Å²) < 4.78 is 10.5. The fourth-order valence-electron chi connectivity index (χ4n) is 2.93. The van der Waals surface area contributed by atoms with Crippen LogP contribution in [0.25, 0.3) is 0 Å². The van der Waals surface area contributed by atoms with E-state index < -0.39 is 11.9 Å². The average Bonchev–Trinajstić information content (AvgIpc) is 2.67. The van der Waals surface area contributed by atoms with Gasteiger partial charge in [-0.05, 0) is 19.3 Å². The number of esters is 2. The van der Waals surface area contributed by atoms with E-state index in [0.717, 1.165) is 38.5 Å². The van der Waals surface area contributed by atoms with E-state index in [1.165, 1.54) is 63.5 Å². The van der Waals surface area contributed by atoms with Crippen molar-refractivity contribution in [1.82, 2.24) is 0 Å². The first-order valence-corrected chi connectivity index (χ1v) is 11.2. The van der Waals surface area contributed by atoms with Crippen molar-refractivity contribution < 1.29 is 19.1 Å². The van der Waals surface area contributed by atoms with Gasteiger partial charge in [0.15, 0.2) is 0 Å². The summed E-state index contributed by atoms with van der Waals surface area (Å²) in [5.74, 6) is -0.932. The van der Waals surface area contributed by atoms with Gasteiger partial charge in [-0.3, -0.25) is 0 Å². The molecule has 0 heterocycles. The Hall–Kier alpha value is -1.32. The summed E-state index contributed by atoms with van der Waals surface area (Å²) in [6.45, 7) is 6.77. The summed E-state index contributed by atoms with van der Waals surface area (Å²) >= 11 is 0. The maximum Gasteiger partial charge on any atom is 0.331 e. The van der Waals surface area contributed by atoms with Crippen LogP contribution in [0.4, 0.5) is 0 Å². The fourth-order valence-corrected chi connectivity index (χ4v) is 2.93. The van der Waals surface area contributed by atoms with Crippen molar-refractivity contribution >= 4 is 11.9 Å². The predicted octanol–water partition coefficient (Wildman–Crippen LogP) is 6.52. The van der Waals surface area contributed by atoms with E-state index in [0.29, 0.717) is 6.61 Å². The molecule has 0 saturated carbocycles. The van der Waals surface area contributed by atoms with Gasteiger partial charge in [-0.25, -0.2) is 9.59 Å². The minimum Gasteiger partial charge on any atom is -0.463 e. The number of unbranched alkanes of at least 4 members (excludes halogenated alkanes) is 10. The Morgan fingerprint density at radius 2 is 1.22 bits per heavy atom. The SMILES string of the molecule is CCCCCCCCCCCCOC(=O)/C=C/C(=O)OC(CC)CCCC. The summed E-state index contributed by atoms with van der Waals surface area (Å²) in [7, 11) is 0. The minimum absolute atomic E-state index is 0.0650. The average molecular weight is 383 g/mol. The first-order chi connectivity index (χ1) is 13.1. The van der Waals surface area contributed by atoms with Crippen molar-refractivity contribution in [3.8, 4) is 0 Å². The molecule has 0 aromatic heterocycles. The topological polar surface area (TPSA) is 52.6 Å². The number of hydrogen-bond donors (Lipinski definition) is 0. The number of rotatable bonds is 18. The van der Waals surface area contributed by atoms with Crippen molar-refractivity contribution in [3.63, 3.8) is 0 Å². The van der Waals surface area contributed by atoms with Gasteiger partial charge in [0.05, 0.1) is 6.61 Å². The van der Waals surface area contributed by atoms with Crippen LogP contribution in [0.1, 0.15) is 111 Å².